The molecule has 0 aromatic heterocycles. The van der Waals surface area contributed by atoms with Crippen molar-refractivity contribution in [3.05, 3.63) is 130 Å². The van der Waals surface area contributed by atoms with Crippen molar-refractivity contribution in [3.63, 3.8) is 0 Å². The number of aryl methyl sites for hydroxylation is 1. The third kappa shape index (κ3) is 9.17. The van der Waals surface area contributed by atoms with Crippen molar-refractivity contribution in [1.82, 2.24) is 10.2 Å². The second kappa shape index (κ2) is 15.7. The van der Waals surface area contributed by atoms with Crippen LogP contribution in [0.25, 0.3) is 0 Å². The molecule has 0 heterocycles. The molecule has 0 radical (unpaired) electrons. The summed E-state index contributed by atoms with van der Waals surface area (Å²) >= 11 is 5.88. The van der Waals surface area contributed by atoms with Crippen LogP contribution in [0, 0.1) is 12.8 Å². The van der Waals surface area contributed by atoms with Crippen LogP contribution >= 0.6 is 11.6 Å². The number of amides is 2. The van der Waals surface area contributed by atoms with Gasteiger partial charge in [-0.1, -0.05) is 98.2 Å². The lowest BCUT2D eigenvalue weighted by molar-refractivity contribution is -0.140. The molecule has 1 N–H and O–H groups in total. The molecule has 0 aliphatic heterocycles. The zero-order valence-corrected chi connectivity index (χ0v) is 28.3. The normalized spacial score (nSPS) is 12.4. The third-order valence-corrected chi connectivity index (χ3v) is 9.83. The van der Waals surface area contributed by atoms with Crippen LogP contribution in [0.3, 0.4) is 0 Å². The first-order valence-electron chi connectivity index (χ1n) is 15.3. The van der Waals surface area contributed by atoms with Gasteiger partial charge in [-0.25, -0.2) is 8.42 Å². The van der Waals surface area contributed by atoms with Gasteiger partial charge in [0.05, 0.1) is 21.2 Å². The first-order chi connectivity index (χ1) is 22.7. The molecule has 0 aliphatic carbocycles. The number of sulfonamides is 1. The van der Waals surface area contributed by atoms with E-state index in [1.165, 1.54) is 29.2 Å². The fraction of sp³-hybridized carbons (Fsp3) is 0.278. The lowest BCUT2D eigenvalue weighted by Gasteiger charge is -2.34. The zero-order chi connectivity index (χ0) is 35.1. The molecule has 48 heavy (non-hydrogen) atoms. The molecule has 2 amide bonds. The van der Waals surface area contributed by atoms with Gasteiger partial charge < -0.3 is 10.2 Å². The van der Waals surface area contributed by atoms with Gasteiger partial charge in [0.15, 0.2) is 0 Å². The molecule has 7 nitrogen and oxygen atoms in total. The van der Waals surface area contributed by atoms with Gasteiger partial charge in [0, 0.05) is 19.5 Å². The summed E-state index contributed by atoms with van der Waals surface area (Å²) in [7, 11) is -4.59. The Hall–Kier alpha value is -4.35. The van der Waals surface area contributed by atoms with Crippen molar-refractivity contribution in [3.8, 4) is 0 Å². The summed E-state index contributed by atoms with van der Waals surface area (Å²) in [5, 5.41) is 2.28. The molecule has 12 heteroatoms. The summed E-state index contributed by atoms with van der Waals surface area (Å²) in [5.74, 6) is -1.13. The molecule has 0 fully saturated rings. The van der Waals surface area contributed by atoms with Gasteiger partial charge >= 0.3 is 6.18 Å². The number of carbonyl (C=O) groups excluding carboxylic acids is 2. The first kappa shape index (κ1) is 36.5. The van der Waals surface area contributed by atoms with Crippen LogP contribution in [0.4, 0.5) is 18.9 Å². The highest BCUT2D eigenvalue weighted by Crippen LogP contribution is 2.38. The van der Waals surface area contributed by atoms with Crippen LogP contribution in [0.15, 0.2) is 108 Å². The van der Waals surface area contributed by atoms with Crippen molar-refractivity contribution in [2.24, 2.45) is 5.92 Å². The molecular weight excluding hydrogens is 663 g/mol. The average Bonchev–Trinajstić information content (AvgIpc) is 3.05. The summed E-state index contributed by atoms with van der Waals surface area (Å²) in [4.78, 5) is 29.5. The molecule has 254 valence electrons. The number of rotatable bonds is 13. The fourth-order valence-corrected chi connectivity index (χ4v) is 6.73. The molecule has 0 spiro atoms. The van der Waals surface area contributed by atoms with Crippen molar-refractivity contribution in [2.45, 2.75) is 50.9 Å². The number of alkyl halides is 3. The maximum absolute atomic E-state index is 14.5. The highest BCUT2D eigenvalue weighted by Gasteiger charge is 2.37. The second-order valence-corrected chi connectivity index (χ2v) is 14.0. The van der Waals surface area contributed by atoms with E-state index in [9.17, 15) is 31.2 Å². The molecule has 0 bridgehead atoms. The highest BCUT2D eigenvalue weighted by atomic mass is 35.5. The van der Waals surface area contributed by atoms with Gasteiger partial charge in [-0.15, -0.1) is 0 Å². The molecule has 4 rings (SSSR count). The Morgan fingerprint density at radius 3 is 2.08 bits per heavy atom. The summed E-state index contributed by atoms with van der Waals surface area (Å²) < 4.78 is 70.6. The Morgan fingerprint density at radius 2 is 1.48 bits per heavy atom. The standard InChI is InChI=1S/C36H37ClF3N3O4S/c1-25(2)22-41-35(45)33(20-27-13-6-4-7-14-27)42(23-28-15-11-10-12-26(28)3)34(44)24-43(48(46,47)30-16-8-5-9-17-30)29-18-19-32(37)31(21-29)36(38,39)40/h4-19,21,25,33H,20,22-24H2,1-3H3,(H,41,45)/t33-/m0/s1. The number of anilines is 1. The van der Waals surface area contributed by atoms with E-state index in [0.29, 0.717) is 22.5 Å². The third-order valence-electron chi connectivity index (χ3n) is 7.71. The van der Waals surface area contributed by atoms with E-state index >= 15 is 0 Å². The number of nitrogens with one attached hydrogen (secondary N) is 1. The van der Waals surface area contributed by atoms with Crippen LogP contribution in [-0.4, -0.2) is 44.3 Å². The lowest BCUT2D eigenvalue weighted by atomic mass is 10.0. The van der Waals surface area contributed by atoms with Crippen LogP contribution in [0.5, 0.6) is 0 Å². The Bertz CT molecular complexity index is 1820. The largest absolute Gasteiger partial charge is 0.417 e. The maximum atomic E-state index is 14.5. The monoisotopic (exact) mass is 699 g/mol. The predicted octanol–water partition coefficient (Wildman–Crippen LogP) is 7.27. The van der Waals surface area contributed by atoms with Crippen molar-refractivity contribution < 1.29 is 31.2 Å². The molecule has 4 aromatic carbocycles. The number of nitrogens with zero attached hydrogens (tertiary/aromatic N) is 2. The number of hydrogen-bond donors (Lipinski definition) is 1. The number of carbonyl (C=O) groups is 2. The Kier molecular flexibility index (Phi) is 11.9. The molecule has 1 atom stereocenters. The lowest BCUT2D eigenvalue weighted by Crippen LogP contribution is -2.53. The molecule has 0 saturated heterocycles. The van der Waals surface area contributed by atoms with E-state index in [0.717, 1.165) is 23.3 Å². The van der Waals surface area contributed by atoms with Gasteiger partial charge in [0.2, 0.25) is 11.8 Å². The molecule has 0 unspecified atom stereocenters. The van der Waals surface area contributed by atoms with Crippen LogP contribution in [0.1, 0.15) is 36.1 Å². The summed E-state index contributed by atoms with van der Waals surface area (Å²) in [6.07, 6.45) is -4.79. The Labute approximate surface area is 284 Å². The molecule has 0 saturated carbocycles. The summed E-state index contributed by atoms with van der Waals surface area (Å²) in [6, 6.07) is 25.0. The van der Waals surface area contributed by atoms with Crippen LogP contribution in [0.2, 0.25) is 5.02 Å². The molecule has 0 aliphatic rings. The number of halogens is 4. The molecule has 4 aromatic rings. The Balaban J connectivity index is 1.86. The predicted molar refractivity (Wildman–Crippen MR) is 181 cm³/mol. The topological polar surface area (TPSA) is 86.8 Å². The van der Waals surface area contributed by atoms with Gasteiger partial charge in [-0.05, 0) is 59.9 Å². The minimum atomic E-state index is -4.90. The van der Waals surface area contributed by atoms with Crippen molar-refractivity contribution in [1.29, 1.82) is 0 Å². The van der Waals surface area contributed by atoms with E-state index < -0.39 is 56.9 Å². The van der Waals surface area contributed by atoms with Crippen LogP contribution < -0.4 is 9.62 Å². The smallest absolute Gasteiger partial charge is 0.354 e. The second-order valence-electron chi connectivity index (χ2n) is 11.8. The zero-order valence-electron chi connectivity index (χ0n) is 26.7. The number of hydrogen-bond acceptors (Lipinski definition) is 4. The van der Waals surface area contributed by atoms with E-state index in [4.69, 9.17) is 11.6 Å². The minimum absolute atomic E-state index is 0.0637. The molecular formula is C36H37ClF3N3O4S. The van der Waals surface area contributed by atoms with E-state index in [1.54, 1.807) is 30.3 Å². The van der Waals surface area contributed by atoms with Gasteiger partial charge in [-0.3, -0.25) is 13.9 Å². The van der Waals surface area contributed by atoms with Gasteiger partial charge in [0.1, 0.15) is 12.6 Å². The van der Waals surface area contributed by atoms with Crippen molar-refractivity contribution >= 4 is 39.1 Å². The highest BCUT2D eigenvalue weighted by molar-refractivity contribution is 7.92. The fourth-order valence-electron chi connectivity index (χ4n) is 5.08. The van der Waals surface area contributed by atoms with Gasteiger partial charge in [0.25, 0.3) is 10.0 Å². The van der Waals surface area contributed by atoms with Crippen molar-refractivity contribution in [2.75, 3.05) is 17.4 Å². The van der Waals surface area contributed by atoms with E-state index in [-0.39, 0.29) is 23.8 Å². The summed E-state index contributed by atoms with van der Waals surface area (Å²) in [5.41, 5.74) is 0.630. The average molecular weight is 700 g/mol. The Morgan fingerprint density at radius 1 is 0.875 bits per heavy atom. The minimum Gasteiger partial charge on any atom is -0.354 e. The first-order valence-corrected chi connectivity index (χ1v) is 17.1. The SMILES string of the molecule is Cc1ccccc1CN(C(=O)CN(c1ccc(Cl)c(C(F)(F)F)c1)S(=O)(=O)c1ccccc1)[C@@H](Cc1ccccc1)C(=O)NCC(C)C. The van der Waals surface area contributed by atoms with Crippen LogP contribution in [-0.2, 0) is 38.8 Å². The van der Waals surface area contributed by atoms with E-state index in [2.05, 4.69) is 5.32 Å². The summed E-state index contributed by atoms with van der Waals surface area (Å²) in [6.45, 7) is 5.07. The quantitative estimate of drug-likeness (QED) is 0.159. The van der Waals surface area contributed by atoms with E-state index in [1.807, 2.05) is 51.1 Å². The van der Waals surface area contributed by atoms with Gasteiger partial charge in [-0.2, -0.15) is 13.2 Å². The number of benzene rings is 4. The maximum Gasteiger partial charge on any atom is 0.417 e.